The first kappa shape index (κ1) is 11.4. The highest BCUT2D eigenvalue weighted by Crippen LogP contribution is 2.32. The number of halogens is 1. The maximum atomic E-state index is 15.3. The third kappa shape index (κ3) is 3.64. The van der Waals surface area contributed by atoms with Crippen LogP contribution >= 0.6 is 0 Å². The van der Waals surface area contributed by atoms with Gasteiger partial charge in [-0.2, -0.15) is 5.10 Å². The monoisotopic (exact) mass is 447 g/mol. The van der Waals surface area contributed by atoms with Gasteiger partial charge in [-0.25, -0.2) is 28.8 Å². The van der Waals surface area contributed by atoms with Crippen LogP contribution in [0.25, 0.3) is 22.6 Å². The summed E-state index contributed by atoms with van der Waals surface area (Å²) in [6.07, 6.45) is -2.17. The number of benzene rings is 1. The Balaban J connectivity index is 2.08. The molecule has 10 nitrogen and oxygen atoms in total. The minimum atomic E-state index is -3.16. The number of nitrogens with zero attached hydrogens (tertiary/aromatic N) is 6. The van der Waals surface area contributed by atoms with Crippen LogP contribution in [0.5, 0.6) is 0 Å². The minimum Gasteiger partial charge on any atom is -0.452 e. The van der Waals surface area contributed by atoms with Crippen molar-refractivity contribution >= 4 is 34.4 Å². The molecule has 0 aliphatic carbocycles. The van der Waals surface area contributed by atoms with Crippen molar-refractivity contribution in [2.75, 3.05) is 30.5 Å². The van der Waals surface area contributed by atoms with Gasteiger partial charge in [0.25, 0.3) is 0 Å². The quantitative estimate of drug-likeness (QED) is 0.487. The number of carbonyl (C=O) groups excluding carboxylic acids is 1. The molecule has 4 aromatic rings. The number of aromatic nitrogens is 5. The molecule has 4 rings (SSSR count). The van der Waals surface area contributed by atoms with Crippen LogP contribution < -0.4 is 16.4 Å². The van der Waals surface area contributed by atoms with Crippen molar-refractivity contribution in [3.05, 3.63) is 53.3 Å². The molecule has 0 aliphatic heterocycles. The molecule has 4 N–H and O–H groups in total. The lowest BCUT2D eigenvalue weighted by Gasteiger charge is -2.18. The lowest BCUT2D eigenvalue weighted by atomic mass is 10.1. The van der Waals surface area contributed by atoms with E-state index in [0.717, 1.165) is 7.11 Å². The Hall–Kier alpha value is -4.28. The SMILES string of the molecule is [2H]c1nc2c(c(-c3nc(N)c(N(C(=O)OC)C([2H])([2H])[2H])c(N)n3)nn2C([2H])([2H])c2c([2H])c(C)c([2H])c([2H])c2F)c([2H])c1[2H]. The van der Waals surface area contributed by atoms with E-state index in [1.165, 1.54) is 6.92 Å². The van der Waals surface area contributed by atoms with Gasteiger partial charge < -0.3 is 16.2 Å². The summed E-state index contributed by atoms with van der Waals surface area (Å²) < 4.78 is 109. The molecule has 1 amide bonds. The van der Waals surface area contributed by atoms with Crippen LogP contribution in [0.1, 0.15) is 26.2 Å². The summed E-state index contributed by atoms with van der Waals surface area (Å²) in [5, 5.41) is 3.63. The van der Waals surface area contributed by atoms with Gasteiger partial charge in [0.1, 0.15) is 17.2 Å². The van der Waals surface area contributed by atoms with E-state index in [1.807, 2.05) is 0 Å². The summed E-state index contributed by atoms with van der Waals surface area (Å²) in [6.45, 7) is -5.09. The maximum absolute atomic E-state index is 15.3. The molecule has 11 heteroatoms. The predicted octanol–water partition coefficient (Wildman–Crippen LogP) is 2.75. The van der Waals surface area contributed by atoms with Crippen molar-refractivity contribution in [1.82, 2.24) is 24.7 Å². The Morgan fingerprint density at radius 1 is 1.34 bits per heavy atom. The van der Waals surface area contributed by atoms with E-state index in [-0.39, 0.29) is 10.5 Å². The fourth-order valence-electron chi connectivity index (χ4n) is 2.71. The number of rotatable bonds is 4. The van der Waals surface area contributed by atoms with Crippen LogP contribution in [0.15, 0.2) is 36.4 Å². The zero-order valence-electron chi connectivity index (χ0n) is 27.5. The summed E-state index contributed by atoms with van der Waals surface area (Å²) in [4.78, 5) is 24.1. The fraction of sp³-hybridized carbons (Fsp3) is 0.190. The van der Waals surface area contributed by atoms with E-state index in [4.69, 9.17) is 26.5 Å². The highest BCUT2D eigenvalue weighted by molar-refractivity contribution is 5.96. The Kier molecular flexibility index (Phi) is 2.88. The smallest absolute Gasteiger partial charge is 0.413 e. The third-order valence-corrected chi connectivity index (χ3v) is 4.11. The number of carbonyl (C=O) groups is 1. The van der Waals surface area contributed by atoms with Crippen molar-refractivity contribution in [3.8, 4) is 11.5 Å². The molecule has 0 aliphatic rings. The second-order valence-electron chi connectivity index (χ2n) is 6.21. The number of nitrogens with two attached hydrogens (primary N) is 2. The zero-order chi connectivity index (χ0) is 32.5. The lowest BCUT2D eigenvalue weighted by molar-refractivity contribution is 0.180. The molecule has 0 atom stereocenters. The minimum absolute atomic E-state index is 0.123. The van der Waals surface area contributed by atoms with Gasteiger partial charge in [0.15, 0.2) is 23.1 Å². The van der Waals surface area contributed by atoms with E-state index in [0.29, 0.717) is 4.68 Å². The molecule has 3 aromatic heterocycles. The summed E-state index contributed by atoms with van der Waals surface area (Å²) in [5.74, 6) is -3.46. The Bertz CT molecular complexity index is 1780. The molecule has 32 heavy (non-hydrogen) atoms. The first-order chi connectivity index (χ1) is 19.8. The summed E-state index contributed by atoms with van der Waals surface area (Å²) in [7, 11) is 0.908. The molecule has 0 saturated heterocycles. The van der Waals surface area contributed by atoms with Gasteiger partial charge in [0.05, 0.1) is 30.0 Å². The van der Waals surface area contributed by atoms with Gasteiger partial charge >= 0.3 is 6.09 Å². The number of ether oxygens (including phenoxy) is 1. The third-order valence-electron chi connectivity index (χ3n) is 4.11. The molecule has 1 aromatic carbocycles. The number of pyridine rings is 1. The van der Waals surface area contributed by atoms with Crippen LogP contribution in [-0.2, 0) is 11.2 Å². The zero-order valence-corrected chi connectivity index (χ0v) is 16.5. The lowest BCUT2D eigenvalue weighted by Crippen LogP contribution is -2.28. The highest BCUT2D eigenvalue weighted by atomic mass is 19.1. The summed E-state index contributed by atoms with van der Waals surface area (Å²) >= 11 is 0. The Morgan fingerprint density at radius 3 is 2.78 bits per heavy atom. The molecular weight excluding hydrogens is 415 g/mol. The predicted molar refractivity (Wildman–Crippen MR) is 118 cm³/mol. The molecule has 0 spiro atoms. The molecule has 164 valence electrons. The molecule has 0 fully saturated rings. The van der Waals surface area contributed by atoms with Gasteiger partial charge in [0, 0.05) is 22.8 Å². The number of anilines is 3. The largest absolute Gasteiger partial charge is 0.452 e. The molecule has 0 saturated carbocycles. The van der Waals surface area contributed by atoms with Gasteiger partial charge in [-0.3, -0.25) is 4.90 Å². The molecule has 0 unspecified atom stereocenters. The Labute approximate surface area is 198 Å². The summed E-state index contributed by atoms with van der Waals surface area (Å²) in [5.41, 5.74) is 8.97. The van der Waals surface area contributed by atoms with Crippen molar-refractivity contribution in [1.29, 1.82) is 0 Å². The van der Waals surface area contributed by atoms with Crippen LogP contribution in [0, 0.1) is 12.7 Å². The van der Waals surface area contributed by atoms with Crippen LogP contribution in [-0.4, -0.2) is 44.9 Å². The maximum Gasteiger partial charge on any atom is 0.413 e. The van der Waals surface area contributed by atoms with Gasteiger partial charge in [-0.15, -0.1) is 0 Å². The standard InChI is InChI=1S/C21H21FN8O2/c1-11-6-7-14(22)12(9-11)10-30-20-13(5-4-8-25-20)15(28-30)19-26-17(23)16(18(24)27-19)29(2)21(31)32-3/h4-9H,10H2,1-3H3,(H4,23,24,26,27)/i2D3,4D,5D,6D,7D,8D,9D,10D2. The van der Waals surface area contributed by atoms with Crippen molar-refractivity contribution in [2.45, 2.75) is 13.4 Å². The number of hydrogen-bond donors (Lipinski definition) is 2. The number of nitrogen functional groups attached to an aromatic ring is 2. The number of methoxy groups -OCH3 is 1. The molecule has 0 radical (unpaired) electrons. The van der Waals surface area contributed by atoms with Gasteiger partial charge in [-0.1, -0.05) is 17.6 Å². The topological polar surface area (TPSA) is 138 Å². The number of amides is 1. The van der Waals surface area contributed by atoms with Gasteiger partial charge in [-0.05, 0) is 25.1 Å². The Morgan fingerprint density at radius 2 is 2.09 bits per heavy atom. The van der Waals surface area contributed by atoms with E-state index in [1.54, 1.807) is 0 Å². The van der Waals surface area contributed by atoms with Gasteiger partial charge in [0.2, 0.25) is 0 Å². The van der Waals surface area contributed by atoms with Crippen molar-refractivity contribution in [2.24, 2.45) is 0 Å². The number of hydrogen-bond acceptors (Lipinski definition) is 8. The van der Waals surface area contributed by atoms with Crippen LogP contribution in [0.3, 0.4) is 0 Å². The highest BCUT2D eigenvalue weighted by Gasteiger charge is 2.23. The molecule has 3 heterocycles. The van der Waals surface area contributed by atoms with E-state index >= 15 is 4.39 Å². The summed E-state index contributed by atoms with van der Waals surface area (Å²) in [6, 6.07) is -3.81. The first-order valence-corrected chi connectivity index (χ1v) is 8.72. The van der Waals surface area contributed by atoms with Crippen LogP contribution in [0.4, 0.5) is 26.5 Å². The second-order valence-corrected chi connectivity index (χ2v) is 6.21. The average Bonchev–Trinajstić information content (AvgIpc) is 3.30. The van der Waals surface area contributed by atoms with E-state index < -0.39 is 107 Å². The van der Waals surface area contributed by atoms with E-state index in [9.17, 15) is 4.79 Å². The van der Waals surface area contributed by atoms with Crippen LogP contribution in [0.2, 0.25) is 0 Å². The second kappa shape index (κ2) is 8.10. The number of fused-ring (bicyclic) bond motifs is 1. The molecule has 0 bridgehead atoms. The first-order valence-electron chi connectivity index (χ1n) is 14.2. The normalized spacial score (nSPS) is 16.8. The van der Waals surface area contributed by atoms with Crippen molar-refractivity contribution < 1.29 is 29.0 Å². The van der Waals surface area contributed by atoms with Crippen molar-refractivity contribution in [3.63, 3.8) is 0 Å². The fourth-order valence-corrected chi connectivity index (χ4v) is 2.71. The molecular formula is C21H21FN8O2. The average molecular weight is 448 g/mol. The van der Waals surface area contributed by atoms with E-state index in [2.05, 4.69) is 24.8 Å².